The molecule has 0 spiro atoms. The highest BCUT2D eigenvalue weighted by Crippen LogP contribution is 2.26. The van der Waals surface area contributed by atoms with Gasteiger partial charge in [0.05, 0.1) is 16.8 Å². The van der Waals surface area contributed by atoms with Crippen LogP contribution in [0.3, 0.4) is 0 Å². The number of hydrazine groups is 1. The molecule has 16 heavy (non-hydrogen) atoms. The molecule has 0 fully saturated rings. The van der Waals surface area contributed by atoms with Crippen LogP contribution >= 0.6 is 0 Å². The average Bonchev–Trinajstić information content (AvgIpc) is 2.71. The molecule has 0 aliphatic heterocycles. The Hall–Kier alpha value is -1.62. The zero-order chi connectivity index (χ0) is 11.5. The molecule has 0 aliphatic carbocycles. The maximum Gasteiger partial charge on any atom is 0.260 e. The zero-order valence-corrected chi connectivity index (χ0v) is 9.58. The van der Waals surface area contributed by atoms with Gasteiger partial charge in [-0.3, -0.25) is 5.84 Å². The quantitative estimate of drug-likeness (QED) is 0.609. The highest BCUT2D eigenvalue weighted by molar-refractivity contribution is 5.90. The van der Waals surface area contributed by atoms with Gasteiger partial charge in [0.1, 0.15) is 0 Å². The van der Waals surface area contributed by atoms with Crippen LogP contribution in [-0.2, 0) is 12.8 Å². The summed E-state index contributed by atoms with van der Waals surface area (Å²) >= 11 is 0. The van der Waals surface area contributed by atoms with Crippen molar-refractivity contribution in [1.29, 1.82) is 0 Å². The van der Waals surface area contributed by atoms with Crippen molar-refractivity contribution < 1.29 is 4.52 Å². The average molecular weight is 220 g/mol. The summed E-state index contributed by atoms with van der Waals surface area (Å²) in [5.74, 6) is 5.52. The molecule has 2 aromatic heterocycles. The van der Waals surface area contributed by atoms with E-state index in [1.54, 1.807) is 0 Å². The van der Waals surface area contributed by atoms with Crippen molar-refractivity contribution in [3.63, 3.8) is 0 Å². The summed E-state index contributed by atoms with van der Waals surface area (Å²) in [5, 5.41) is 4.88. The first-order chi connectivity index (χ1) is 7.80. The van der Waals surface area contributed by atoms with Gasteiger partial charge in [-0.05, 0) is 18.9 Å². The fraction of sp³-hybridized carbons (Fsp3) is 0.455. The number of aryl methyl sites for hydroxylation is 2. The second-order valence-electron chi connectivity index (χ2n) is 3.72. The van der Waals surface area contributed by atoms with Crippen LogP contribution in [0.5, 0.6) is 0 Å². The summed E-state index contributed by atoms with van der Waals surface area (Å²) in [6.45, 7) is 4.14. The van der Waals surface area contributed by atoms with Crippen LogP contribution in [0.1, 0.15) is 31.7 Å². The summed E-state index contributed by atoms with van der Waals surface area (Å²) in [7, 11) is 0. The molecule has 0 saturated carbocycles. The molecule has 0 radical (unpaired) electrons. The third-order valence-electron chi connectivity index (χ3n) is 2.57. The molecule has 0 aliphatic rings. The lowest BCUT2D eigenvalue weighted by Crippen LogP contribution is -2.08. The van der Waals surface area contributed by atoms with Gasteiger partial charge in [-0.1, -0.05) is 25.4 Å². The Labute approximate surface area is 94.0 Å². The number of nitrogens with zero attached hydrogens (tertiary/aromatic N) is 2. The van der Waals surface area contributed by atoms with Gasteiger partial charge in [0.15, 0.2) is 0 Å². The minimum absolute atomic E-state index is 0.566. The van der Waals surface area contributed by atoms with Crippen molar-refractivity contribution in [3.8, 4) is 0 Å². The number of hydrogen-bond acceptors (Lipinski definition) is 5. The normalized spacial score (nSPS) is 10.9. The molecule has 0 aromatic carbocycles. The summed E-state index contributed by atoms with van der Waals surface area (Å²) in [6.07, 6.45) is 2.75. The molecule has 0 bridgehead atoms. The van der Waals surface area contributed by atoms with E-state index in [1.807, 2.05) is 13.0 Å². The smallest absolute Gasteiger partial charge is 0.260 e. The van der Waals surface area contributed by atoms with Crippen LogP contribution < -0.4 is 11.3 Å². The number of pyridine rings is 1. The van der Waals surface area contributed by atoms with E-state index in [0.29, 0.717) is 5.71 Å². The number of aromatic nitrogens is 2. The Morgan fingerprint density at radius 3 is 2.88 bits per heavy atom. The third-order valence-corrected chi connectivity index (χ3v) is 2.57. The standard InChI is InChI=1S/C11H16N4O/c1-3-5-7-6-9(14-12)10-8(4-2)15-16-11(10)13-7/h6H,3-5,12H2,1-2H3,(H,13,14). The molecule has 0 unspecified atom stereocenters. The van der Waals surface area contributed by atoms with Crippen LogP contribution in [-0.4, -0.2) is 10.1 Å². The third kappa shape index (κ3) is 1.74. The van der Waals surface area contributed by atoms with E-state index in [1.165, 1.54) is 0 Å². The van der Waals surface area contributed by atoms with Crippen LogP contribution in [0.4, 0.5) is 5.69 Å². The maximum atomic E-state index is 5.52. The first-order valence-electron chi connectivity index (χ1n) is 5.54. The van der Waals surface area contributed by atoms with Crippen LogP contribution in [0.2, 0.25) is 0 Å². The van der Waals surface area contributed by atoms with Crippen molar-refractivity contribution in [2.45, 2.75) is 33.1 Å². The fourth-order valence-electron chi connectivity index (χ4n) is 1.80. The number of nitrogens with two attached hydrogens (primary N) is 1. The molecular formula is C11H16N4O. The zero-order valence-electron chi connectivity index (χ0n) is 9.58. The van der Waals surface area contributed by atoms with Gasteiger partial charge >= 0.3 is 0 Å². The van der Waals surface area contributed by atoms with Crippen molar-refractivity contribution in [1.82, 2.24) is 10.1 Å². The lowest BCUT2D eigenvalue weighted by atomic mass is 10.1. The molecule has 5 nitrogen and oxygen atoms in total. The summed E-state index contributed by atoms with van der Waals surface area (Å²) in [4.78, 5) is 4.42. The van der Waals surface area contributed by atoms with E-state index in [9.17, 15) is 0 Å². The van der Waals surface area contributed by atoms with E-state index in [-0.39, 0.29) is 0 Å². The highest BCUT2D eigenvalue weighted by atomic mass is 16.5. The lowest BCUT2D eigenvalue weighted by molar-refractivity contribution is 0.439. The molecule has 5 heteroatoms. The Kier molecular flexibility index (Phi) is 3.05. The molecule has 2 rings (SSSR count). The van der Waals surface area contributed by atoms with Crippen LogP contribution in [0.15, 0.2) is 10.6 Å². The molecule has 86 valence electrons. The Bertz CT molecular complexity index is 492. The van der Waals surface area contributed by atoms with Crippen molar-refractivity contribution in [2.24, 2.45) is 5.84 Å². The first-order valence-corrected chi connectivity index (χ1v) is 5.54. The van der Waals surface area contributed by atoms with Gasteiger partial charge in [0, 0.05) is 5.69 Å². The predicted molar refractivity (Wildman–Crippen MR) is 63.0 cm³/mol. The Morgan fingerprint density at radius 2 is 2.25 bits per heavy atom. The molecule has 0 amide bonds. The first kappa shape index (κ1) is 10.9. The monoisotopic (exact) mass is 220 g/mol. The van der Waals surface area contributed by atoms with Crippen molar-refractivity contribution in [2.75, 3.05) is 5.43 Å². The highest BCUT2D eigenvalue weighted by Gasteiger charge is 2.13. The fourth-order valence-corrected chi connectivity index (χ4v) is 1.80. The minimum atomic E-state index is 0.566. The maximum absolute atomic E-state index is 5.52. The molecule has 2 aromatic rings. The number of nitrogens with one attached hydrogen (secondary N) is 1. The molecule has 2 heterocycles. The van der Waals surface area contributed by atoms with Gasteiger partial charge in [0.2, 0.25) is 0 Å². The van der Waals surface area contributed by atoms with Crippen LogP contribution in [0, 0.1) is 0 Å². The molecular weight excluding hydrogens is 204 g/mol. The summed E-state index contributed by atoms with van der Waals surface area (Å²) in [5.41, 5.74) is 5.96. The molecule has 3 N–H and O–H groups in total. The number of rotatable bonds is 4. The van der Waals surface area contributed by atoms with Gasteiger partial charge in [-0.15, -0.1) is 0 Å². The topological polar surface area (TPSA) is 77.0 Å². The van der Waals surface area contributed by atoms with E-state index in [0.717, 1.165) is 41.7 Å². The molecule has 0 saturated heterocycles. The van der Waals surface area contributed by atoms with E-state index < -0.39 is 0 Å². The lowest BCUT2D eigenvalue weighted by Gasteiger charge is -2.04. The van der Waals surface area contributed by atoms with Crippen molar-refractivity contribution in [3.05, 3.63) is 17.5 Å². The van der Waals surface area contributed by atoms with Gasteiger partial charge in [-0.25, -0.2) is 4.98 Å². The summed E-state index contributed by atoms with van der Waals surface area (Å²) in [6, 6.07) is 1.96. The Balaban J connectivity index is 2.61. The predicted octanol–water partition coefficient (Wildman–Crippen LogP) is 2.02. The van der Waals surface area contributed by atoms with Gasteiger partial charge in [-0.2, -0.15) is 0 Å². The van der Waals surface area contributed by atoms with Crippen molar-refractivity contribution >= 4 is 16.8 Å². The number of anilines is 1. The van der Waals surface area contributed by atoms with Crippen LogP contribution in [0.25, 0.3) is 11.1 Å². The SMILES string of the molecule is CCCc1cc(NN)c2c(CC)noc2n1. The largest absolute Gasteiger partial charge is 0.335 e. The van der Waals surface area contributed by atoms with E-state index in [4.69, 9.17) is 10.4 Å². The second kappa shape index (κ2) is 4.49. The second-order valence-corrected chi connectivity index (χ2v) is 3.72. The number of fused-ring (bicyclic) bond motifs is 1. The van der Waals surface area contributed by atoms with E-state index in [2.05, 4.69) is 22.5 Å². The minimum Gasteiger partial charge on any atom is -0.335 e. The van der Waals surface area contributed by atoms with Gasteiger partial charge < -0.3 is 9.95 Å². The number of nitrogen functional groups attached to an aromatic ring is 1. The summed E-state index contributed by atoms with van der Waals surface area (Å²) < 4.78 is 5.21. The van der Waals surface area contributed by atoms with Gasteiger partial charge in [0.25, 0.3) is 5.71 Å². The molecule has 0 atom stereocenters. The van der Waals surface area contributed by atoms with E-state index >= 15 is 0 Å². The Morgan fingerprint density at radius 1 is 1.44 bits per heavy atom. The number of hydrogen-bond donors (Lipinski definition) is 2.